The molecule has 5 heteroatoms. The zero-order valence-corrected chi connectivity index (χ0v) is 13.9. The van der Waals surface area contributed by atoms with Gasteiger partial charge in [0.2, 0.25) is 5.91 Å². The molecule has 0 radical (unpaired) electrons. The monoisotopic (exact) mass is 326 g/mol. The number of aromatic nitrogens is 1. The molecule has 0 bridgehead atoms. The van der Waals surface area contributed by atoms with Crippen molar-refractivity contribution in [3.8, 4) is 0 Å². The predicted octanol–water partition coefficient (Wildman–Crippen LogP) is 3.64. The maximum Gasteiger partial charge on any atom is 0.251 e. The van der Waals surface area contributed by atoms with Gasteiger partial charge in [0.1, 0.15) is 0 Å². The Kier molecular flexibility index (Phi) is 4.30. The Morgan fingerprint density at radius 3 is 2.83 bits per heavy atom. The summed E-state index contributed by atoms with van der Waals surface area (Å²) in [4.78, 5) is 28.1. The molecule has 1 aromatic carbocycles. The van der Waals surface area contributed by atoms with Crippen LogP contribution in [0.15, 0.2) is 40.5 Å². The molecule has 0 atom stereocenters. The van der Waals surface area contributed by atoms with Crippen LogP contribution >= 0.6 is 11.3 Å². The number of aromatic amines is 1. The Morgan fingerprint density at radius 1 is 1.30 bits per heavy atom. The van der Waals surface area contributed by atoms with E-state index in [1.807, 2.05) is 49.6 Å². The van der Waals surface area contributed by atoms with E-state index in [2.05, 4.69) is 10.3 Å². The molecule has 23 heavy (non-hydrogen) atoms. The van der Waals surface area contributed by atoms with Crippen LogP contribution < -0.4 is 10.9 Å². The van der Waals surface area contributed by atoms with Crippen molar-refractivity contribution in [1.29, 1.82) is 0 Å². The van der Waals surface area contributed by atoms with E-state index in [-0.39, 0.29) is 11.5 Å². The van der Waals surface area contributed by atoms with Crippen LogP contribution in [-0.4, -0.2) is 10.9 Å². The SMILES string of the molecule is CCc1c(C)c2ccc(NC(=O)Cc3cccs3)cc2[nH]c1=O. The average Bonchev–Trinajstić information content (AvgIpc) is 3.00. The molecule has 0 saturated heterocycles. The number of nitrogens with one attached hydrogen (secondary N) is 2. The Bertz CT molecular complexity index is 911. The molecule has 0 fully saturated rings. The fourth-order valence-corrected chi connectivity index (χ4v) is 3.49. The highest BCUT2D eigenvalue weighted by Crippen LogP contribution is 2.22. The van der Waals surface area contributed by atoms with E-state index < -0.39 is 0 Å². The maximum absolute atomic E-state index is 12.1. The molecule has 2 heterocycles. The number of anilines is 1. The minimum absolute atomic E-state index is 0.0560. The van der Waals surface area contributed by atoms with E-state index in [1.165, 1.54) is 0 Å². The van der Waals surface area contributed by atoms with Gasteiger partial charge in [-0.1, -0.05) is 19.1 Å². The molecule has 3 rings (SSSR count). The number of H-pyrrole nitrogens is 1. The zero-order valence-electron chi connectivity index (χ0n) is 13.1. The summed E-state index contributed by atoms with van der Waals surface area (Å²) in [6, 6.07) is 9.51. The van der Waals surface area contributed by atoms with Gasteiger partial charge in [-0.25, -0.2) is 0 Å². The smallest absolute Gasteiger partial charge is 0.251 e. The minimum Gasteiger partial charge on any atom is -0.326 e. The largest absolute Gasteiger partial charge is 0.326 e. The van der Waals surface area contributed by atoms with Crippen molar-refractivity contribution in [3.05, 3.63) is 62.1 Å². The number of hydrogen-bond acceptors (Lipinski definition) is 3. The highest BCUT2D eigenvalue weighted by Gasteiger charge is 2.09. The van der Waals surface area contributed by atoms with E-state index in [0.29, 0.717) is 18.5 Å². The first-order valence-electron chi connectivity index (χ1n) is 7.56. The van der Waals surface area contributed by atoms with E-state index >= 15 is 0 Å². The summed E-state index contributed by atoms with van der Waals surface area (Å²) < 4.78 is 0. The van der Waals surface area contributed by atoms with Gasteiger partial charge in [0.15, 0.2) is 0 Å². The molecule has 0 aliphatic heterocycles. The number of benzene rings is 1. The third-order valence-corrected chi connectivity index (χ3v) is 4.83. The van der Waals surface area contributed by atoms with Crippen molar-refractivity contribution in [2.45, 2.75) is 26.7 Å². The highest BCUT2D eigenvalue weighted by atomic mass is 32.1. The van der Waals surface area contributed by atoms with Crippen LogP contribution in [-0.2, 0) is 17.6 Å². The first kappa shape index (κ1) is 15.5. The normalized spacial score (nSPS) is 10.9. The first-order valence-corrected chi connectivity index (χ1v) is 8.44. The van der Waals surface area contributed by atoms with Gasteiger partial charge in [0, 0.05) is 21.5 Å². The zero-order chi connectivity index (χ0) is 16.4. The van der Waals surface area contributed by atoms with E-state index in [9.17, 15) is 9.59 Å². The van der Waals surface area contributed by atoms with Gasteiger partial charge in [0.25, 0.3) is 5.56 Å². The second-order valence-corrected chi connectivity index (χ2v) is 6.51. The van der Waals surface area contributed by atoms with Crippen molar-refractivity contribution >= 4 is 33.8 Å². The van der Waals surface area contributed by atoms with Gasteiger partial charge in [-0.05, 0) is 42.5 Å². The molecule has 2 aromatic heterocycles. The minimum atomic E-state index is -0.0592. The van der Waals surface area contributed by atoms with Gasteiger partial charge in [-0.2, -0.15) is 0 Å². The van der Waals surface area contributed by atoms with Crippen LogP contribution in [0, 0.1) is 6.92 Å². The van der Waals surface area contributed by atoms with Crippen molar-refractivity contribution < 1.29 is 4.79 Å². The molecular formula is C18H18N2O2S. The second-order valence-electron chi connectivity index (χ2n) is 5.48. The van der Waals surface area contributed by atoms with Crippen LogP contribution in [0.1, 0.15) is 22.9 Å². The van der Waals surface area contributed by atoms with Crippen molar-refractivity contribution in [2.75, 3.05) is 5.32 Å². The molecule has 2 N–H and O–H groups in total. The number of fused-ring (bicyclic) bond motifs is 1. The van der Waals surface area contributed by atoms with Crippen LogP contribution in [0.5, 0.6) is 0 Å². The van der Waals surface area contributed by atoms with Crippen LogP contribution in [0.3, 0.4) is 0 Å². The van der Waals surface area contributed by atoms with E-state index in [0.717, 1.165) is 26.9 Å². The summed E-state index contributed by atoms with van der Waals surface area (Å²) in [6.45, 7) is 3.94. The fourth-order valence-electron chi connectivity index (χ4n) is 2.79. The molecule has 118 valence electrons. The molecular weight excluding hydrogens is 308 g/mol. The molecule has 1 amide bonds. The van der Waals surface area contributed by atoms with Gasteiger partial charge >= 0.3 is 0 Å². The maximum atomic E-state index is 12.1. The number of thiophene rings is 1. The van der Waals surface area contributed by atoms with E-state index in [1.54, 1.807) is 11.3 Å². The van der Waals surface area contributed by atoms with Crippen LogP contribution in [0.2, 0.25) is 0 Å². The molecule has 0 saturated carbocycles. The number of carbonyl (C=O) groups excluding carboxylic acids is 1. The number of rotatable bonds is 4. The Morgan fingerprint density at radius 2 is 2.13 bits per heavy atom. The summed E-state index contributed by atoms with van der Waals surface area (Å²) in [6.07, 6.45) is 1.07. The molecule has 0 spiro atoms. The highest BCUT2D eigenvalue weighted by molar-refractivity contribution is 7.10. The van der Waals surface area contributed by atoms with Crippen molar-refractivity contribution in [3.63, 3.8) is 0 Å². The van der Waals surface area contributed by atoms with Crippen molar-refractivity contribution in [1.82, 2.24) is 4.98 Å². The van der Waals surface area contributed by atoms with Crippen LogP contribution in [0.25, 0.3) is 10.9 Å². The summed E-state index contributed by atoms with van der Waals surface area (Å²) in [5, 5.41) is 5.85. The number of carbonyl (C=O) groups is 1. The third kappa shape index (κ3) is 3.19. The van der Waals surface area contributed by atoms with Crippen molar-refractivity contribution in [2.24, 2.45) is 0 Å². The molecule has 0 aliphatic rings. The van der Waals surface area contributed by atoms with Gasteiger partial charge in [-0.15, -0.1) is 11.3 Å². The number of hydrogen-bond donors (Lipinski definition) is 2. The number of pyridine rings is 1. The van der Waals surface area contributed by atoms with Gasteiger partial charge < -0.3 is 10.3 Å². The topological polar surface area (TPSA) is 62.0 Å². The Hall–Kier alpha value is -2.40. The summed E-state index contributed by atoms with van der Waals surface area (Å²) in [7, 11) is 0. The molecule has 4 nitrogen and oxygen atoms in total. The van der Waals surface area contributed by atoms with E-state index in [4.69, 9.17) is 0 Å². The fraction of sp³-hybridized carbons (Fsp3) is 0.222. The predicted molar refractivity (Wildman–Crippen MR) is 95.3 cm³/mol. The van der Waals surface area contributed by atoms with Crippen LogP contribution in [0.4, 0.5) is 5.69 Å². The lowest BCUT2D eigenvalue weighted by molar-refractivity contribution is -0.115. The summed E-state index contributed by atoms with van der Waals surface area (Å²) in [5.41, 5.74) is 3.20. The number of amides is 1. The standard InChI is InChI=1S/C18H18N2O2S/c1-3-14-11(2)15-7-6-12(9-16(15)20-18(14)22)19-17(21)10-13-5-4-8-23-13/h4-9H,3,10H2,1-2H3,(H,19,21)(H,20,22). The quantitative estimate of drug-likeness (QED) is 0.769. The van der Waals surface area contributed by atoms with Gasteiger partial charge in [-0.3, -0.25) is 9.59 Å². The first-order chi connectivity index (χ1) is 11.1. The average molecular weight is 326 g/mol. The van der Waals surface area contributed by atoms with Gasteiger partial charge in [0.05, 0.1) is 11.9 Å². The lowest BCUT2D eigenvalue weighted by atomic mass is 10.0. The molecule has 0 aliphatic carbocycles. The molecule has 0 unspecified atom stereocenters. The number of aryl methyl sites for hydroxylation is 1. The third-order valence-electron chi connectivity index (χ3n) is 3.95. The summed E-state index contributed by atoms with van der Waals surface area (Å²) in [5.74, 6) is -0.0592. The lowest BCUT2D eigenvalue weighted by Gasteiger charge is -2.10. The lowest BCUT2D eigenvalue weighted by Crippen LogP contribution is -2.15. The Balaban J connectivity index is 1.88. The molecule has 3 aromatic rings. The second kappa shape index (κ2) is 6.38. The summed E-state index contributed by atoms with van der Waals surface area (Å²) >= 11 is 1.56. The Labute approximate surface area is 138 Å².